The van der Waals surface area contributed by atoms with E-state index in [4.69, 9.17) is 4.84 Å². The SMILES string of the molecule is O=C(c1ccc2[nH]ncc2c1)N1CCCO1. The summed E-state index contributed by atoms with van der Waals surface area (Å²) >= 11 is 0. The highest BCUT2D eigenvalue weighted by Gasteiger charge is 2.20. The number of benzene rings is 1. The van der Waals surface area contributed by atoms with E-state index in [0.29, 0.717) is 18.7 Å². The van der Waals surface area contributed by atoms with E-state index >= 15 is 0 Å². The van der Waals surface area contributed by atoms with Crippen molar-refractivity contribution in [2.75, 3.05) is 13.2 Å². The number of amides is 1. The summed E-state index contributed by atoms with van der Waals surface area (Å²) in [4.78, 5) is 17.2. The summed E-state index contributed by atoms with van der Waals surface area (Å²) in [6, 6.07) is 5.46. The van der Waals surface area contributed by atoms with Gasteiger partial charge in [0.05, 0.1) is 24.9 Å². The standard InChI is InChI=1S/C11H11N3O2/c15-11(14-4-1-5-16-14)8-2-3-10-9(6-8)7-12-13-10/h2-3,6-7H,1,4-5H2,(H,12,13). The normalized spacial score (nSPS) is 15.9. The number of aromatic nitrogens is 2. The lowest BCUT2D eigenvalue weighted by atomic mass is 10.1. The van der Waals surface area contributed by atoms with E-state index in [1.54, 1.807) is 12.3 Å². The molecule has 0 bridgehead atoms. The molecule has 82 valence electrons. The van der Waals surface area contributed by atoms with Crippen molar-refractivity contribution in [2.45, 2.75) is 6.42 Å². The van der Waals surface area contributed by atoms with Crippen molar-refractivity contribution in [3.05, 3.63) is 30.0 Å². The quantitative estimate of drug-likeness (QED) is 0.784. The van der Waals surface area contributed by atoms with Crippen LogP contribution in [0.25, 0.3) is 10.9 Å². The van der Waals surface area contributed by atoms with Crippen LogP contribution in [0.3, 0.4) is 0 Å². The highest BCUT2D eigenvalue weighted by atomic mass is 16.7. The van der Waals surface area contributed by atoms with Gasteiger partial charge < -0.3 is 0 Å². The molecule has 5 nitrogen and oxygen atoms in total. The first-order valence-corrected chi connectivity index (χ1v) is 5.22. The summed E-state index contributed by atoms with van der Waals surface area (Å²) in [5.74, 6) is -0.0828. The van der Waals surface area contributed by atoms with Crippen LogP contribution in [0.2, 0.25) is 0 Å². The largest absolute Gasteiger partial charge is 0.278 e. The van der Waals surface area contributed by atoms with Crippen molar-refractivity contribution in [3.63, 3.8) is 0 Å². The third-order valence-electron chi connectivity index (χ3n) is 2.67. The van der Waals surface area contributed by atoms with Crippen molar-refractivity contribution >= 4 is 16.8 Å². The highest BCUT2D eigenvalue weighted by Crippen LogP contribution is 2.16. The Hall–Kier alpha value is -1.88. The molecule has 3 rings (SSSR count). The molecule has 1 aromatic carbocycles. The minimum Gasteiger partial charge on any atom is -0.278 e. The lowest BCUT2D eigenvalue weighted by Gasteiger charge is -2.13. The molecule has 1 aliphatic heterocycles. The van der Waals surface area contributed by atoms with Gasteiger partial charge in [0.25, 0.3) is 5.91 Å². The number of H-pyrrole nitrogens is 1. The van der Waals surface area contributed by atoms with Gasteiger partial charge in [-0.2, -0.15) is 5.10 Å². The van der Waals surface area contributed by atoms with E-state index in [1.807, 2.05) is 12.1 Å². The van der Waals surface area contributed by atoms with E-state index in [2.05, 4.69) is 10.2 Å². The van der Waals surface area contributed by atoms with Crippen LogP contribution >= 0.6 is 0 Å². The van der Waals surface area contributed by atoms with E-state index in [-0.39, 0.29) is 5.91 Å². The number of carbonyl (C=O) groups is 1. The van der Waals surface area contributed by atoms with Gasteiger partial charge in [-0.05, 0) is 24.6 Å². The van der Waals surface area contributed by atoms with Crippen molar-refractivity contribution < 1.29 is 9.63 Å². The van der Waals surface area contributed by atoms with E-state index in [9.17, 15) is 4.79 Å². The zero-order valence-corrected chi connectivity index (χ0v) is 8.64. The van der Waals surface area contributed by atoms with Crippen molar-refractivity contribution in [1.82, 2.24) is 15.3 Å². The molecule has 2 heterocycles. The second-order valence-corrected chi connectivity index (χ2v) is 3.77. The molecule has 0 radical (unpaired) electrons. The molecule has 1 fully saturated rings. The van der Waals surface area contributed by atoms with Gasteiger partial charge in [-0.3, -0.25) is 14.7 Å². The van der Waals surface area contributed by atoms with Crippen LogP contribution < -0.4 is 0 Å². The van der Waals surface area contributed by atoms with Gasteiger partial charge in [-0.25, -0.2) is 5.06 Å². The van der Waals surface area contributed by atoms with Gasteiger partial charge >= 0.3 is 0 Å². The number of nitrogens with one attached hydrogen (secondary N) is 1. The molecule has 0 unspecified atom stereocenters. The molecule has 2 aromatic rings. The summed E-state index contributed by atoms with van der Waals surface area (Å²) in [5, 5.41) is 9.12. The average molecular weight is 217 g/mol. The summed E-state index contributed by atoms with van der Waals surface area (Å²) in [6.45, 7) is 1.29. The fraction of sp³-hybridized carbons (Fsp3) is 0.273. The molecule has 0 atom stereocenters. The van der Waals surface area contributed by atoms with Crippen LogP contribution in [0, 0.1) is 0 Å². The Kier molecular flexibility index (Phi) is 2.11. The molecule has 1 amide bonds. The van der Waals surface area contributed by atoms with Gasteiger partial charge in [0.2, 0.25) is 0 Å². The van der Waals surface area contributed by atoms with E-state index in [1.165, 1.54) is 5.06 Å². The van der Waals surface area contributed by atoms with Crippen LogP contribution in [0.1, 0.15) is 16.8 Å². The van der Waals surface area contributed by atoms with E-state index in [0.717, 1.165) is 17.3 Å². The van der Waals surface area contributed by atoms with Crippen LogP contribution in [0.15, 0.2) is 24.4 Å². The average Bonchev–Trinajstić information content (AvgIpc) is 2.98. The van der Waals surface area contributed by atoms with Gasteiger partial charge in [0.1, 0.15) is 0 Å². The highest BCUT2D eigenvalue weighted by molar-refractivity contribution is 5.97. The molecular formula is C11H11N3O2. The van der Waals surface area contributed by atoms with E-state index < -0.39 is 0 Å². The first-order valence-electron chi connectivity index (χ1n) is 5.22. The lowest BCUT2D eigenvalue weighted by molar-refractivity contribution is -0.0768. The molecule has 0 aliphatic carbocycles. The first kappa shape index (κ1) is 9.35. The van der Waals surface area contributed by atoms with Crippen molar-refractivity contribution in [3.8, 4) is 0 Å². The Labute approximate surface area is 92.0 Å². The smallest absolute Gasteiger partial charge is 0.277 e. The van der Waals surface area contributed by atoms with Crippen LogP contribution in [0.4, 0.5) is 0 Å². The van der Waals surface area contributed by atoms with Gasteiger partial charge in [-0.15, -0.1) is 0 Å². The minimum absolute atomic E-state index is 0.0828. The molecule has 1 aliphatic rings. The molecule has 5 heteroatoms. The van der Waals surface area contributed by atoms with Crippen molar-refractivity contribution in [1.29, 1.82) is 0 Å². The fourth-order valence-electron chi connectivity index (χ4n) is 1.83. The van der Waals surface area contributed by atoms with Gasteiger partial charge in [0, 0.05) is 10.9 Å². The topological polar surface area (TPSA) is 58.2 Å². The summed E-state index contributed by atoms with van der Waals surface area (Å²) in [7, 11) is 0. The number of fused-ring (bicyclic) bond motifs is 1. The predicted octanol–water partition coefficient (Wildman–Crippen LogP) is 1.34. The number of carbonyl (C=O) groups excluding carboxylic acids is 1. The first-order chi connectivity index (χ1) is 7.84. The zero-order chi connectivity index (χ0) is 11.0. The Morgan fingerprint density at radius 3 is 3.25 bits per heavy atom. The molecular weight excluding hydrogens is 206 g/mol. The molecule has 16 heavy (non-hydrogen) atoms. The monoisotopic (exact) mass is 217 g/mol. The zero-order valence-electron chi connectivity index (χ0n) is 8.64. The second kappa shape index (κ2) is 3.61. The number of aromatic amines is 1. The molecule has 1 aromatic heterocycles. The molecule has 0 saturated carbocycles. The van der Waals surface area contributed by atoms with Crippen LogP contribution in [-0.4, -0.2) is 34.3 Å². The fourth-order valence-corrected chi connectivity index (χ4v) is 1.83. The lowest BCUT2D eigenvalue weighted by Crippen LogP contribution is -2.26. The number of nitrogens with zero attached hydrogens (tertiary/aromatic N) is 2. The predicted molar refractivity (Wildman–Crippen MR) is 57.7 cm³/mol. The van der Waals surface area contributed by atoms with Gasteiger partial charge in [-0.1, -0.05) is 0 Å². The minimum atomic E-state index is -0.0828. The second-order valence-electron chi connectivity index (χ2n) is 3.77. The Balaban J connectivity index is 1.95. The molecule has 1 saturated heterocycles. The number of hydrogen-bond donors (Lipinski definition) is 1. The Morgan fingerprint density at radius 1 is 1.50 bits per heavy atom. The Bertz CT molecular complexity index is 529. The van der Waals surface area contributed by atoms with Gasteiger partial charge in [0.15, 0.2) is 0 Å². The van der Waals surface area contributed by atoms with Crippen molar-refractivity contribution in [2.24, 2.45) is 0 Å². The molecule has 1 N–H and O–H groups in total. The Morgan fingerprint density at radius 2 is 2.44 bits per heavy atom. The number of rotatable bonds is 1. The number of hydrogen-bond acceptors (Lipinski definition) is 3. The number of hydroxylamine groups is 2. The summed E-state index contributed by atoms with van der Waals surface area (Å²) < 4.78 is 0. The van der Waals surface area contributed by atoms with Crippen LogP contribution in [0.5, 0.6) is 0 Å². The maximum Gasteiger partial charge on any atom is 0.277 e. The third kappa shape index (κ3) is 1.45. The summed E-state index contributed by atoms with van der Waals surface area (Å²) in [6.07, 6.45) is 2.61. The maximum absolute atomic E-state index is 12.0. The molecule has 0 spiro atoms. The van der Waals surface area contributed by atoms with Crippen LogP contribution in [-0.2, 0) is 4.84 Å². The summed E-state index contributed by atoms with van der Waals surface area (Å²) in [5.41, 5.74) is 1.56. The maximum atomic E-state index is 12.0. The third-order valence-corrected chi connectivity index (χ3v) is 2.67.